The molecule has 5 rings (SSSR count). The number of anilines is 1. The molecular weight excluding hydrogens is 458 g/mol. The maximum absolute atomic E-state index is 13.9. The molecule has 1 N–H and O–H groups in total. The Hall–Kier alpha value is -3.91. The van der Waals surface area contributed by atoms with Gasteiger partial charge in [0.15, 0.2) is 5.69 Å². The van der Waals surface area contributed by atoms with Crippen LogP contribution in [0.5, 0.6) is 0 Å². The summed E-state index contributed by atoms with van der Waals surface area (Å²) < 4.78 is 3.89. The van der Waals surface area contributed by atoms with Crippen LogP contribution in [-0.4, -0.2) is 26.4 Å². The van der Waals surface area contributed by atoms with Gasteiger partial charge in [-0.25, -0.2) is 0 Å². The Balaban J connectivity index is 1.60. The van der Waals surface area contributed by atoms with Crippen molar-refractivity contribution in [3.05, 3.63) is 106 Å². The number of nitrogens with zero attached hydrogens (tertiary/aromatic N) is 4. The lowest BCUT2D eigenvalue weighted by molar-refractivity contribution is -0.122. The van der Waals surface area contributed by atoms with Crippen LogP contribution in [0, 0.1) is 0 Å². The predicted octanol–water partition coefficient (Wildman–Crippen LogP) is 4.52. The summed E-state index contributed by atoms with van der Waals surface area (Å²) in [5.74, 6) is -0.645. The number of rotatable bonds is 7. The molecule has 0 saturated heterocycles. The normalized spacial score (nSPS) is 13.5. The SMILES string of the molecule is O=C(NCc1ccccc1)C(c1cccnc1)N(C(=O)c1csnn1)c1cccc2c1CCCC2. The molecule has 35 heavy (non-hydrogen) atoms. The first-order chi connectivity index (χ1) is 17.2. The van der Waals surface area contributed by atoms with Crippen LogP contribution >= 0.6 is 11.5 Å². The highest BCUT2D eigenvalue weighted by Crippen LogP contribution is 2.36. The Labute approximate surface area is 208 Å². The van der Waals surface area contributed by atoms with Crippen molar-refractivity contribution in [3.8, 4) is 0 Å². The standard InChI is InChI=1S/C27H25N5O2S/c33-26(29-16-19-8-2-1-3-9-19)25(21-12-7-15-28-17-21)32(27(34)23-18-35-31-30-23)24-14-6-11-20-10-4-5-13-22(20)24/h1-3,6-9,11-12,14-15,17-18,25H,4-5,10,13,16H2,(H,29,33). The van der Waals surface area contributed by atoms with Crippen molar-refractivity contribution in [1.82, 2.24) is 19.9 Å². The monoisotopic (exact) mass is 483 g/mol. The van der Waals surface area contributed by atoms with Crippen LogP contribution < -0.4 is 10.2 Å². The molecule has 0 spiro atoms. The number of benzene rings is 2. The Morgan fingerprint density at radius 2 is 1.86 bits per heavy atom. The number of nitrogens with one attached hydrogen (secondary N) is 1. The second kappa shape index (κ2) is 10.6. The second-order valence-electron chi connectivity index (χ2n) is 8.48. The van der Waals surface area contributed by atoms with Crippen LogP contribution in [0.2, 0.25) is 0 Å². The molecule has 176 valence electrons. The van der Waals surface area contributed by atoms with Crippen LogP contribution in [0.15, 0.2) is 78.4 Å². The lowest BCUT2D eigenvalue weighted by atomic mass is 9.89. The molecule has 1 aliphatic rings. The van der Waals surface area contributed by atoms with Crippen LogP contribution in [0.25, 0.3) is 0 Å². The molecule has 1 atom stereocenters. The van der Waals surface area contributed by atoms with Crippen molar-refractivity contribution in [1.29, 1.82) is 0 Å². The number of carbonyl (C=O) groups excluding carboxylic acids is 2. The quantitative estimate of drug-likeness (QED) is 0.418. The Kier molecular flexibility index (Phi) is 6.90. The summed E-state index contributed by atoms with van der Waals surface area (Å²) in [6.07, 6.45) is 7.27. The maximum Gasteiger partial charge on any atom is 0.280 e. The number of carbonyl (C=O) groups is 2. The predicted molar refractivity (Wildman–Crippen MR) is 135 cm³/mol. The Morgan fingerprint density at radius 3 is 2.63 bits per heavy atom. The Morgan fingerprint density at radius 1 is 1.00 bits per heavy atom. The van der Waals surface area contributed by atoms with E-state index < -0.39 is 6.04 Å². The summed E-state index contributed by atoms with van der Waals surface area (Å²) in [7, 11) is 0. The van der Waals surface area contributed by atoms with E-state index in [0.717, 1.165) is 54.0 Å². The van der Waals surface area contributed by atoms with E-state index in [9.17, 15) is 9.59 Å². The van der Waals surface area contributed by atoms with Gasteiger partial charge in [0, 0.05) is 35.6 Å². The lowest BCUT2D eigenvalue weighted by Crippen LogP contribution is -2.44. The number of pyridine rings is 1. The highest BCUT2D eigenvalue weighted by molar-refractivity contribution is 7.03. The average Bonchev–Trinajstić information content (AvgIpc) is 3.46. The van der Waals surface area contributed by atoms with Gasteiger partial charge in [0.25, 0.3) is 5.91 Å². The van der Waals surface area contributed by atoms with Crippen LogP contribution in [0.4, 0.5) is 5.69 Å². The Bertz CT molecular complexity index is 1300. The zero-order valence-corrected chi connectivity index (χ0v) is 19.9. The van der Waals surface area contributed by atoms with Gasteiger partial charge in [-0.1, -0.05) is 53.0 Å². The first-order valence-electron chi connectivity index (χ1n) is 11.7. The van der Waals surface area contributed by atoms with Crippen molar-refractivity contribution in [3.63, 3.8) is 0 Å². The molecule has 2 aromatic carbocycles. The number of amides is 2. The molecule has 8 heteroatoms. The largest absolute Gasteiger partial charge is 0.350 e. The van der Waals surface area contributed by atoms with E-state index in [4.69, 9.17) is 0 Å². The van der Waals surface area contributed by atoms with E-state index in [-0.39, 0.29) is 17.5 Å². The van der Waals surface area contributed by atoms with Crippen LogP contribution in [0.3, 0.4) is 0 Å². The summed E-state index contributed by atoms with van der Waals surface area (Å²) >= 11 is 1.11. The summed E-state index contributed by atoms with van der Waals surface area (Å²) in [6, 6.07) is 18.4. The first-order valence-corrected chi connectivity index (χ1v) is 12.5. The van der Waals surface area contributed by atoms with E-state index in [1.54, 1.807) is 28.7 Å². The van der Waals surface area contributed by atoms with Gasteiger partial charge in [0.2, 0.25) is 5.91 Å². The molecule has 2 amide bonds. The molecule has 0 radical (unpaired) electrons. The number of aryl methyl sites for hydroxylation is 1. The third-order valence-corrected chi connectivity index (χ3v) is 6.75. The third-order valence-electron chi connectivity index (χ3n) is 6.24. The van der Waals surface area contributed by atoms with Gasteiger partial charge in [-0.3, -0.25) is 19.5 Å². The highest BCUT2D eigenvalue weighted by Gasteiger charge is 2.36. The van der Waals surface area contributed by atoms with E-state index in [0.29, 0.717) is 12.1 Å². The molecule has 2 aromatic heterocycles. The zero-order chi connectivity index (χ0) is 24.0. The minimum Gasteiger partial charge on any atom is -0.350 e. The van der Waals surface area contributed by atoms with Gasteiger partial charge < -0.3 is 5.32 Å². The van der Waals surface area contributed by atoms with Crippen LogP contribution in [-0.2, 0) is 24.2 Å². The van der Waals surface area contributed by atoms with Crippen LogP contribution in [0.1, 0.15) is 51.6 Å². The van der Waals surface area contributed by atoms with E-state index in [2.05, 4.69) is 26.0 Å². The molecule has 0 fully saturated rings. The minimum atomic E-state index is -0.921. The third kappa shape index (κ3) is 4.97. The number of aromatic nitrogens is 3. The van der Waals surface area contributed by atoms with Gasteiger partial charge in [0.1, 0.15) is 6.04 Å². The summed E-state index contributed by atoms with van der Waals surface area (Å²) in [6.45, 7) is 0.351. The number of hydrogen-bond donors (Lipinski definition) is 1. The van der Waals surface area contributed by atoms with E-state index in [1.165, 1.54) is 5.56 Å². The summed E-state index contributed by atoms with van der Waals surface area (Å²) in [5.41, 5.74) is 4.89. The molecular formula is C27H25N5O2S. The summed E-state index contributed by atoms with van der Waals surface area (Å²) in [4.78, 5) is 33.6. The highest BCUT2D eigenvalue weighted by atomic mass is 32.1. The first kappa shape index (κ1) is 22.9. The molecule has 0 aliphatic heterocycles. The van der Waals surface area contributed by atoms with Gasteiger partial charge in [-0.05, 0) is 66.0 Å². The average molecular weight is 484 g/mol. The molecule has 0 bridgehead atoms. The smallest absolute Gasteiger partial charge is 0.280 e. The molecule has 2 heterocycles. The summed E-state index contributed by atoms with van der Waals surface area (Å²) in [5, 5.41) is 8.69. The molecule has 7 nitrogen and oxygen atoms in total. The van der Waals surface area contributed by atoms with E-state index >= 15 is 0 Å². The molecule has 1 unspecified atom stereocenters. The van der Waals surface area contributed by atoms with Gasteiger partial charge in [-0.2, -0.15) is 0 Å². The fourth-order valence-corrected chi connectivity index (χ4v) is 5.00. The van der Waals surface area contributed by atoms with Gasteiger partial charge in [0.05, 0.1) is 0 Å². The van der Waals surface area contributed by atoms with Gasteiger partial charge >= 0.3 is 0 Å². The van der Waals surface area contributed by atoms with Crippen molar-refractivity contribution in [2.45, 2.75) is 38.3 Å². The molecule has 1 aliphatic carbocycles. The fraction of sp³-hybridized carbons (Fsp3) is 0.222. The minimum absolute atomic E-state index is 0.216. The maximum atomic E-state index is 13.9. The molecule has 4 aromatic rings. The topological polar surface area (TPSA) is 88.1 Å². The van der Waals surface area contributed by atoms with Gasteiger partial charge in [-0.15, -0.1) is 5.10 Å². The zero-order valence-electron chi connectivity index (χ0n) is 19.1. The number of fused-ring (bicyclic) bond motifs is 1. The fourth-order valence-electron chi connectivity index (χ4n) is 4.57. The van der Waals surface area contributed by atoms with Crippen molar-refractivity contribution in [2.75, 3.05) is 4.90 Å². The molecule has 0 saturated carbocycles. The second-order valence-corrected chi connectivity index (χ2v) is 9.09. The van der Waals surface area contributed by atoms with Crippen molar-refractivity contribution < 1.29 is 9.59 Å². The van der Waals surface area contributed by atoms with E-state index in [1.807, 2.05) is 48.5 Å². The number of hydrogen-bond acceptors (Lipinski definition) is 6. The van der Waals surface area contributed by atoms with Crippen molar-refractivity contribution in [2.24, 2.45) is 0 Å². The lowest BCUT2D eigenvalue weighted by Gasteiger charge is -2.33. The van der Waals surface area contributed by atoms with Crippen molar-refractivity contribution >= 4 is 29.0 Å².